The fourth-order valence-electron chi connectivity index (χ4n) is 11.6. The highest BCUT2D eigenvalue weighted by atomic mass is 16.3. The van der Waals surface area contributed by atoms with Crippen molar-refractivity contribution in [1.29, 1.82) is 0 Å². The summed E-state index contributed by atoms with van der Waals surface area (Å²) in [5.41, 5.74) is 23.2. The molecule has 0 unspecified atom stereocenters. The summed E-state index contributed by atoms with van der Waals surface area (Å²) in [4.78, 5) is 2.53. The van der Waals surface area contributed by atoms with Crippen LogP contribution in [0.15, 0.2) is 247 Å². The first-order chi connectivity index (χ1) is 35.6. The van der Waals surface area contributed by atoms with Gasteiger partial charge in [-0.15, -0.1) is 0 Å². The van der Waals surface area contributed by atoms with Gasteiger partial charge in [0.2, 0.25) is 0 Å². The number of nitrogens with zero attached hydrogens (tertiary/aromatic N) is 1. The quantitative estimate of drug-likeness (QED) is 0.151. The van der Waals surface area contributed by atoms with Gasteiger partial charge in [-0.05, 0) is 125 Å². The highest BCUT2D eigenvalue weighted by Crippen LogP contribution is 2.53. The second-order valence-corrected chi connectivity index (χ2v) is 21.3. The van der Waals surface area contributed by atoms with Crippen LogP contribution in [-0.2, 0) is 10.8 Å². The molecule has 0 N–H and O–H groups in total. The van der Waals surface area contributed by atoms with Crippen LogP contribution in [0.3, 0.4) is 0 Å². The van der Waals surface area contributed by atoms with Gasteiger partial charge in [-0.3, -0.25) is 0 Å². The summed E-state index contributed by atoms with van der Waals surface area (Å²) in [6, 6.07) is 89.5. The highest BCUT2D eigenvalue weighted by Gasteiger charge is 2.36. The molecule has 0 saturated carbocycles. The number of anilines is 3. The lowest BCUT2D eigenvalue weighted by atomic mass is 9.82. The van der Waals surface area contributed by atoms with Crippen molar-refractivity contribution in [2.24, 2.45) is 0 Å². The molecule has 12 aromatic rings. The lowest BCUT2D eigenvalue weighted by Crippen LogP contribution is -2.16. The van der Waals surface area contributed by atoms with E-state index in [4.69, 9.17) is 4.42 Å². The van der Waals surface area contributed by atoms with Crippen molar-refractivity contribution in [3.05, 3.63) is 259 Å². The Bertz CT molecular complexity index is 4070. The van der Waals surface area contributed by atoms with Crippen LogP contribution in [0.4, 0.5) is 17.1 Å². The van der Waals surface area contributed by atoms with E-state index >= 15 is 0 Å². The van der Waals surface area contributed by atoms with Crippen LogP contribution in [0.1, 0.15) is 51.3 Å². The van der Waals surface area contributed by atoms with E-state index in [1.165, 1.54) is 55.3 Å². The van der Waals surface area contributed by atoms with E-state index in [2.05, 4.69) is 276 Å². The van der Waals surface area contributed by atoms with Gasteiger partial charge in [0.05, 0.1) is 11.4 Å². The van der Waals surface area contributed by atoms with Crippen molar-refractivity contribution in [2.75, 3.05) is 4.90 Å². The minimum atomic E-state index is -0.130. The van der Waals surface area contributed by atoms with E-state index in [1.807, 2.05) is 6.07 Å². The van der Waals surface area contributed by atoms with Crippen molar-refractivity contribution >= 4 is 49.8 Å². The molecule has 73 heavy (non-hydrogen) atoms. The van der Waals surface area contributed by atoms with Gasteiger partial charge >= 0.3 is 0 Å². The first kappa shape index (κ1) is 44.2. The van der Waals surface area contributed by atoms with Crippen LogP contribution in [0, 0.1) is 0 Å². The number of furan rings is 1. The summed E-state index contributed by atoms with van der Waals surface area (Å²) in [5.74, 6) is 0. The predicted molar refractivity (Wildman–Crippen MR) is 309 cm³/mol. The summed E-state index contributed by atoms with van der Waals surface area (Å²) in [6.07, 6.45) is 0. The third kappa shape index (κ3) is 7.56. The van der Waals surface area contributed by atoms with Crippen LogP contribution in [-0.4, -0.2) is 0 Å². The Morgan fingerprint density at radius 1 is 0.370 bits per heavy atom. The average Bonchev–Trinajstić information content (AvgIpc) is 3.93. The molecule has 0 atom stereocenters. The lowest BCUT2D eigenvalue weighted by molar-refractivity contribution is 0.590. The molecule has 2 nitrogen and oxygen atoms in total. The van der Waals surface area contributed by atoms with Crippen LogP contribution in [0.25, 0.3) is 99.5 Å². The molecule has 13 rings (SSSR count). The van der Waals surface area contributed by atoms with Gasteiger partial charge in [-0.1, -0.05) is 235 Å². The second kappa shape index (κ2) is 17.3. The third-order valence-electron chi connectivity index (χ3n) is 15.5. The first-order valence-electron chi connectivity index (χ1n) is 25.6. The Kier molecular flexibility index (Phi) is 10.5. The normalized spacial score (nSPS) is 12.8. The molecule has 1 aliphatic rings. The number of fused-ring (bicyclic) bond motifs is 7. The molecule has 2 heteroatoms. The standard InChI is InChI=1S/C71H55NO/c1-70(2,3)54-37-33-47(34-38-54)46-29-31-48(32-30-46)51-36-41-65(61(44-51)49-17-7-6-8-18-49)72(55-39-40-64-62(45-55)58-23-11-13-27-63(58)71(64,4)5)66-42-35-50-19-9-10-22-56(50)68(66)53-21-15-20-52(43-53)57-25-16-26-60-59-24-12-14-28-67(59)73-69(57)60/h6-45H,1-5H3. The largest absolute Gasteiger partial charge is 0.455 e. The SMILES string of the molecule is CC(C)(C)c1ccc(-c2ccc(-c3ccc(N(c4ccc5c(c4)-c4ccccc4C5(C)C)c4ccc5ccccc5c4-c4cccc(-c5cccc6c5oc5ccccc56)c4)c(-c4ccccc4)c3)cc2)cc1. The van der Waals surface area contributed by atoms with Crippen LogP contribution in [0.5, 0.6) is 0 Å². The Morgan fingerprint density at radius 2 is 0.959 bits per heavy atom. The van der Waals surface area contributed by atoms with Gasteiger partial charge < -0.3 is 9.32 Å². The maximum absolute atomic E-state index is 6.64. The van der Waals surface area contributed by atoms with Crippen molar-refractivity contribution in [3.63, 3.8) is 0 Å². The summed E-state index contributed by atoms with van der Waals surface area (Å²) in [7, 11) is 0. The highest BCUT2D eigenvalue weighted by molar-refractivity contribution is 6.11. The zero-order chi connectivity index (χ0) is 49.4. The number of benzene rings is 11. The molecule has 11 aromatic carbocycles. The number of hydrogen-bond acceptors (Lipinski definition) is 2. The maximum Gasteiger partial charge on any atom is 0.143 e. The van der Waals surface area contributed by atoms with Crippen molar-refractivity contribution in [2.45, 2.75) is 45.4 Å². The van der Waals surface area contributed by atoms with E-state index < -0.39 is 0 Å². The Hall–Kier alpha value is -8.72. The average molecular weight is 938 g/mol. The monoisotopic (exact) mass is 937 g/mol. The zero-order valence-electron chi connectivity index (χ0n) is 41.9. The molecule has 1 aliphatic carbocycles. The van der Waals surface area contributed by atoms with Crippen LogP contribution >= 0.6 is 0 Å². The van der Waals surface area contributed by atoms with Gasteiger partial charge in [0.1, 0.15) is 11.2 Å². The van der Waals surface area contributed by atoms with E-state index in [9.17, 15) is 0 Å². The Morgan fingerprint density at radius 3 is 1.75 bits per heavy atom. The van der Waals surface area contributed by atoms with Gasteiger partial charge in [-0.2, -0.15) is 0 Å². The van der Waals surface area contributed by atoms with E-state index in [0.717, 1.165) is 77.9 Å². The number of para-hydroxylation sites is 2. The Labute approximate surface area is 428 Å². The molecule has 0 radical (unpaired) electrons. The zero-order valence-corrected chi connectivity index (χ0v) is 41.9. The number of hydrogen-bond donors (Lipinski definition) is 0. The van der Waals surface area contributed by atoms with Crippen LogP contribution < -0.4 is 4.90 Å². The molecular weight excluding hydrogens is 883 g/mol. The van der Waals surface area contributed by atoms with Crippen molar-refractivity contribution < 1.29 is 4.42 Å². The molecule has 350 valence electrons. The van der Waals surface area contributed by atoms with Gasteiger partial charge in [0.25, 0.3) is 0 Å². The number of rotatable bonds is 8. The molecule has 1 heterocycles. The fourth-order valence-corrected chi connectivity index (χ4v) is 11.6. The molecule has 1 aromatic heterocycles. The predicted octanol–water partition coefficient (Wildman–Crippen LogP) is 20.1. The molecule has 0 fully saturated rings. The van der Waals surface area contributed by atoms with Gasteiger partial charge in [0, 0.05) is 38.6 Å². The minimum absolute atomic E-state index is 0.108. The molecule has 0 bridgehead atoms. The smallest absolute Gasteiger partial charge is 0.143 e. The molecule has 0 spiro atoms. The second-order valence-electron chi connectivity index (χ2n) is 21.3. The van der Waals surface area contributed by atoms with Gasteiger partial charge in [-0.25, -0.2) is 0 Å². The fraction of sp³-hybridized carbons (Fsp3) is 0.0986. The molecular formula is C71H55NO. The van der Waals surface area contributed by atoms with Crippen molar-refractivity contribution in [1.82, 2.24) is 0 Å². The Balaban J connectivity index is 1.03. The van der Waals surface area contributed by atoms with Gasteiger partial charge in [0.15, 0.2) is 0 Å². The minimum Gasteiger partial charge on any atom is -0.455 e. The van der Waals surface area contributed by atoms with Crippen LogP contribution in [0.2, 0.25) is 0 Å². The summed E-state index contributed by atoms with van der Waals surface area (Å²) in [6.45, 7) is 11.5. The summed E-state index contributed by atoms with van der Waals surface area (Å²) < 4.78 is 6.64. The van der Waals surface area contributed by atoms with E-state index in [1.54, 1.807) is 0 Å². The molecule has 0 amide bonds. The molecule has 0 aliphatic heterocycles. The molecule has 0 saturated heterocycles. The lowest BCUT2D eigenvalue weighted by Gasteiger charge is -2.32. The first-order valence-corrected chi connectivity index (χ1v) is 25.6. The third-order valence-corrected chi connectivity index (χ3v) is 15.5. The van der Waals surface area contributed by atoms with Crippen molar-refractivity contribution in [3.8, 4) is 66.8 Å². The maximum atomic E-state index is 6.64. The summed E-state index contributed by atoms with van der Waals surface area (Å²) >= 11 is 0. The summed E-state index contributed by atoms with van der Waals surface area (Å²) in [5, 5.41) is 4.61. The van der Waals surface area contributed by atoms with E-state index in [0.29, 0.717) is 0 Å². The van der Waals surface area contributed by atoms with E-state index in [-0.39, 0.29) is 10.8 Å². The topological polar surface area (TPSA) is 16.4 Å².